The molecule has 0 atom stereocenters. The zero-order valence-corrected chi connectivity index (χ0v) is 22.4. The molecule has 0 spiro atoms. The number of ether oxygens (including phenoxy) is 1. The van der Waals surface area contributed by atoms with Crippen LogP contribution < -0.4 is 15.4 Å². The number of benzene rings is 2. The van der Waals surface area contributed by atoms with Crippen LogP contribution in [0.3, 0.4) is 0 Å². The van der Waals surface area contributed by atoms with E-state index >= 15 is 0 Å². The summed E-state index contributed by atoms with van der Waals surface area (Å²) in [6.07, 6.45) is -0.385. The van der Waals surface area contributed by atoms with E-state index in [1.807, 2.05) is 0 Å². The zero-order valence-electron chi connectivity index (χ0n) is 20.8. The lowest BCUT2D eigenvalue weighted by atomic mass is 10.2. The average molecular weight is 592 g/mol. The van der Waals surface area contributed by atoms with Crippen LogP contribution in [0.2, 0.25) is 5.02 Å². The molecule has 208 valence electrons. The second-order valence-electron chi connectivity index (χ2n) is 8.50. The van der Waals surface area contributed by atoms with E-state index in [1.54, 1.807) is 29.0 Å². The molecule has 4 aromatic rings. The smallest absolute Gasteiger partial charge is 0.416 e. The molecular formula is C26H21ClF3N5O4S. The number of carbonyl (C=O) groups excluding carboxylic acids is 1. The fraction of sp³-hybridized carbons (Fsp3) is 0.192. The molecule has 0 unspecified atom stereocenters. The Morgan fingerprint density at radius 1 is 1.12 bits per heavy atom. The van der Waals surface area contributed by atoms with Crippen molar-refractivity contribution in [3.8, 4) is 23.3 Å². The molecule has 0 saturated heterocycles. The number of sulfone groups is 1. The highest BCUT2D eigenvalue weighted by Crippen LogP contribution is 2.36. The van der Waals surface area contributed by atoms with E-state index in [-0.39, 0.29) is 29.6 Å². The van der Waals surface area contributed by atoms with Gasteiger partial charge in [0.25, 0.3) is 0 Å². The monoisotopic (exact) mass is 591 g/mol. The number of halogens is 4. The molecule has 0 radical (unpaired) electrons. The second-order valence-corrected chi connectivity index (χ2v) is 11.0. The summed E-state index contributed by atoms with van der Waals surface area (Å²) in [5, 5.41) is 5.73. The molecule has 9 nitrogen and oxygen atoms in total. The Morgan fingerprint density at radius 3 is 2.65 bits per heavy atom. The number of rotatable bonds is 8. The van der Waals surface area contributed by atoms with Gasteiger partial charge in [-0.1, -0.05) is 29.5 Å². The first kappa shape index (κ1) is 28.7. The van der Waals surface area contributed by atoms with Crippen molar-refractivity contribution in [2.75, 3.05) is 23.9 Å². The summed E-state index contributed by atoms with van der Waals surface area (Å²) in [7, 11) is -3.42. The molecule has 4 rings (SSSR count). The van der Waals surface area contributed by atoms with Crippen molar-refractivity contribution in [2.24, 2.45) is 0 Å². The van der Waals surface area contributed by atoms with Crippen LogP contribution in [0.1, 0.15) is 5.56 Å². The van der Waals surface area contributed by atoms with Crippen LogP contribution in [-0.2, 0) is 27.4 Å². The lowest BCUT2D eigenvalue weighted by Gasteiger charge is -2.13. The molecule has 0 aliphatic heterocycles. The van der Waals surface area contributed by atoms with Gasteiger partial charge in [0.2, 0.25) is 5.91 Å². The van der Waals surface area contributed by atoms with Gasteiger partial charge in [0.05, 0.1) is 29.2 Å². The normalized spacial score (nSPS) is 11.5. The van der Waals surface area contributed by atoms with Crippen molar-refractivity contribution in [1.29, 1.82) is 0 Å². The number of hydrogen-bond donors (Lipinski definition) is 2. The predicted molar refractivity (Wildman–Crippen MR) is 144 cm³/mol. The molecule has 2 heterocycles. The number of hydrogen-bond acceptors (Lipinski definition) is 7. The van der Waals surface area contributed by atoms with Gasteiger partial charge in [-0.05, 0) is 42.5 Å². The Balaban J connectivity index is 1.46. The highest BCUT2D eigenvalue weighted by molar-refractivity contribution is 7.91. The lowest BCUT2D eigenvalue weighted by Crippen LogP contribution is -2.30. The van der Waals surface area contributed by atoms with Gasteiger partial charge >= 0.3 is 6.18 Å². The predicted octanol–water partition coefficient (Wildman–Crippen LogP) is 4.80. The van der Waals surface area contributed by atoms with Crippen LogP contribution in [0.5, 0.6) is 11.5 Å². The first-order valence-electron chi connectivity index (χ1n) is 11.5. The van der Waals surface area contributed by atoms with Crippen molar-refractivity contribution in [1.82, 2.24) is 19.9 Å². The number of alkyl halides is 3. The van der Waals surface area contributed by atoms with Gasteiger partial charge in [-0.25, -0.2) is 18.4 Å². The molecular weight excluding hydrogens is 571 g/mol. The van der Waals surface area contributed by atoms with Gasteiger partial charge in [-0.2, -0.15) is 13.2 Å². The minimum Gasteiger partial charge on any atom is -0.456 e. The summed E-state index contributed by atoms with van der Waals surface area (Å²) in [6, 6.07) is 11.0. The van der Waals surface area contributed by atoms with Crippen LogP contribution in [0.4, 0.5) is 24.7 Å². The Hall–Kier alpha value is -4.28. The first-order valence-corrected chi connectivity index (χ1v) is 13.9. The van der Waals surface area contributed by atoms with Crippen molar-refractivity contribution in [3.63, 3.8) is 0 Å². The Bertz CT molecular complexity index is 1730. The van der Waals surface area contributed by atoms with Crippen molar-refractivity contribution < 1.29 is 31.1 Å². The average Bonchev–Trinajstić information content (AvgIpc) is 3.28. The molecule has 0 aliphatic rings. The summed E-state index contributed by atoms with van der Waals surface area (Å²) in [5.41, 5.74) is 0.972. The maximum Gasteiger partial charge on any atom is 0.416 e. The fourth-order valence-electron chi connectivity index (χ4n) is 3.55. The molecule has 2 N–H and O–H groups in total. The summed E-state index contributed by atoms with van der Waals surface area (Å²) in [6.45, 7) is 0.223. The van der Waals surface area contributed by atoms with E-state index in [0.29, 0.717) is 22.5 Å². The van der Waals surface area contributed by atoms with Crippen molar-refractivity contribution >= 4 is 49.9 Å². The maximum atomic E-state index is 13.0. The molecule has 1 amide bonds. The van der Waals surface area contributed by atoms with Gasteiger partial charge in [-0.15, -0.1) is 0 Å². The van der Waals surface area contributed by atoms with E-state index in [2.05, 4.69) is 32.4 Å². The van der Waals surface area contributed by atoms with E-state index < -0.39 is 33.2 Å². The lowest BCUT2D eigenvalue weighted by molar-refractivity contribution is -0.137. The Kier molecular flexibility index (Phi) is 8.51. The largest absolute Gasteiger partial charge is 0.456 e. The Labute approximate surface area is 232 Å². The molecule has 0 aliphatic carbocycles. The van der Waals surface area contributed by atoms with Crippen LogP contribution in [0, 0.1) is 11.8 Å². The van der Waals surface area contributed by atoms with Crippen LogP contribution >= 0.6 is 11.6 Å². The minimum absolute atomic E-state index is 0.0103. The Morgan fingerprint density at radius 2 is 1.93 bits per heavy atom. The first-order chi connectivity index (χ1) is 18.9. The molecule has 0 fully saturated rings. The zero-order chi connectivity index (χ0) is 28.9. The molecule has 2 aromatic carbocycles. The van der Waals surface area contributed by atoms with Crippen molar-refractivity contribution in [2.45, 2.75) is 12.7 Å². The maximum absolute atomic E-state index is 13.0. The van der Waals surface area contributed by atoms with E-state index in [0.717, 1.165) is 18.4 Å². The summed E-state index contributed by atoms with van der Waals surface area (Å²) >= 11 is 6.35. The number of aromatic nitrogens is 3. The summed E-state index contributed by atoms with van der Waals surface area (Å²) in [5.74, 6) is 5.03. The van der Waals surface area contributed by atoms with E-state index in [1.165, 1.54) is 24.5 Å². The highest BCUT2D eigenvalue weighted by atomic mass is 35.5. The van der Waals surface area contributed by atoms with Crippen LogP contribution in [0.25, 0.3) is 11.0 Å². The number of nitrogens with zero attached hydrogens (tertiary/aromatic N) is 3. The quantitative estimate of drug-likeness (QED) is 0.283. The number of nitrogens with one attached hydrogen (secondary N) is 2. The second kappa shape index (κ2) is 11.8. The van der Waals surface area contributed by atoms with Gasteiger partial charge in [0, 0.05) is 18.1 Å². The third kappa shape index (κ3) is 7.64. The third-order valence-electron chi connectivity index (χ3n) is 5.28. The van der Waals surface area contributed by atoms with Crippen LogP contribution in [0.15, 0.2) is 61.1 Å². The van der Waals surface area contributed by atoms with Gasteiger partial charge in [-0.3, -0.25) is 4.79 Å². The SMILES string of the molecule is CS(=O)(=O)CC(=O)NCC#CCn1ccc2ncnc(Nc3ccc(Oc4cccc(C(F)(F)F)c4)c(Cl)c3)c21. The molecule has 2 aromatic heterocycles. The van der Waals surface area contributed by atoms with Crippen LogP contribution in [-0.4, -0.2) is 47.4 Å². The van der Waals surface area contributed by atoms with Gasteiger partial charge < -0.3 is 19.9 Å². The van der Waals surface area contributed by atoms with Gasteiger partial charge in [0.1, 0.15) is 29.1 Å². The summed E-state index contributed by atoms with van der Waals surface area (Å²) in [4.78, 5) is 20.1. The summed E-state index contributed by atoms with van der Waals surface area (Å²) < 4.78 is 68.7. The topological polar surface area (TPSA) is 115 Å². The molecule has 14 heteroatoms. The standard InChI is InChI=1S/C26H21ClF3N5O4S/c1-40(37,38)15-23(36)31-10-2-3-11-35-12-9-21-24(35)25(33-16-32-21)34-18-7-8-22(20(27)14-18)39-19-6-4-5-17(13-19)26(28,29)30/h4-9,12-14,16H,10-11,15H2,1H3,(H,31,36)(H,32,33,34). The van der Waals surface area contributed by atoms with Gasteiger partial charge in [0.15, 0.2) is 15.7 Å². The van der Waals surface area contributed by atoms with Crippen molar-refractivity contribution in [3.05, 3.63) is 71.6 Å². The van der Waals surface area contributed by atoms with E-state index in [9.17, 15) is 26.4 Å². The minimum atomic E-state index is -4.50. The number of amides is 1. The highest BCUT2D eigenvalue weighted by Gasteiger charge is 2.30. The van der Waals surface area contributed by atoms with E-state index in [4.69, 9.17) is 16.3 Å². The number of fused-ring (bicyclic) bond motifs is 1. The fourth-order valence-corrected chi connectivity index (χ4v) is 4.35. The number of carbonyl (C=O) groups is 1. The number of anilines is 2. The molecule has 40 heavy (non-hydrogen) atoms. The molecule has 0 bridgehead atoms. The third-order valence-corrected chi connectivity index (χ3v) is 6.36. The molecule has 0 saturated carbocycles.